The monoisotopic (exact) mass is 399 g/mol. The van der Waals surface area contributed by atoms with Gasteiger partial charge in [-0.25, -0.2) is 9.78 Å². The number of aromatic amines is 1. The molecule has 29 heavy (non-hydrogen) atoms. The normalized spacial score (nSPS) is 29.8. The zero-order chi connectivity index (χ0) is 20.3. The van der Waals surface area contributed by atoms with Crippen molar-refractivity contribution >= 4 is 17.1 Å². The predicted octanol–water partition coefficient (Wildman–Crippen LogP) is 1.51. The van der Waals surface area contributed by atoms with E-state index in [9.17, 15) is 14.4 Å². The summed E-state index contributed by atoms with van der Waals surface area (Å²) in [5, 5.41) is 2.74. The van der Waals surface area contributed by atoms with Gasteiger partial charge < -0.3 is 10.3 Å². The van der Waals surface area contributed by atoms with Crippen LogP contribution < -0.4 is 16.6 Å². The predicted molar refractivity (Wildman–Crippen MR) is 109 cm³/mol. The zero-order valence-corrected chi connectivity index (χ0v) is 17.2. The molecule has 2 aromatic heterocycles. The van der Waals surface area contributed by atoms with Gasteiger partial charge in [0, 0.05) is 32.0 Å². The van der Waals surface area contributed by atoms with E-state index in [0.717, 1.165) is 42.8 Å². The minimum atomic E-state index is -0.346. The van der Waals surface area contributed by atoms with E-state index < -0.39 is 0 Å². The molecule has 4 saturated carbocycles. The maximum atomic E-state index is 13.1. The highest BCUT2D eigenvalue weighted by Gasteiger charge is 2.57. The van der Waals surface area contributed by atoms with Gasteiger partial charge in [-0.3, -0.25) is 18.7 Å². The van der Waals surface area contributed by atoms with Gasteiger partial charge in [0.25, 0.3) is 5.56 Å². The van der Waals surface area contributed by atoms with Gasteiger partial charge in [-0.05, 0) is 56.3 Å². The molecule has 8 heteroatoms. The second-order valence-electron chi connectivity index (χ2n) is 9.41. The van der Waals surface area contributed by atoms with Gasteiger partial charge in [-0.15, -0.1) is 0 Å². The SMILES string of the molecule is CCCn1c(=O)c2[nH]c(C34CC5CC(C3)C(C5)C4)nc2n(CCNC(C)=O)c1=O. The van der Waals surface area contributed by atoms with E-state index in [2.05, 4.69) is 10.3 Å². The van der Waals surface area contributed by atoms with Crippen LogP contribution in [0.1, 0.15) is 58.2 Å². The van der Waals surface area contributed by atoms with Crippen LogP contribution in [0, 0.1) is 17.8 Å². The first-order valence-corrected chi connectivity index (χ1v) is 10.9. The Morgan fingerprint density at radius 3 is 2.52 bits per heavy atom. The van der Waals surface area contributed by atoms with Crippen molar-refractivity contribution in [3.8, 4) is 0 Å². The van der Waals surface area contributed by atoms with E-state index >= 15 is 0 Å². The van der Waals surface area contributed by atoms with Gasteiger partial charge in [0.15, 0.2) is 5.65 Å². The number of nitrogens with zero attached hydrogens (tertiary/aromatic N) is 3. The lowest BCUT2D eigenvalue weighted by Crippen LogP contribution is -2.41. The molecule has 2 unspecified atom stereocenters. The molecule has 1 amide bonds. The van der Waals surface area contributed by atoms with Gasteiger partial charge in [0.05, 0.1) is 0 Å². The first-order valence-electron chi connectivity index (χ1n) is 10.9. The molecule has 0 saturated heterocycles. The Morgan fingerprint density at radius 1 is 1.17 bits per heavy atom. The molecule has 2 N–H and O–H groups in total. The van der Waals surface area contributed by atoms with E-state index in [4.69, 9.17) is 4.98 Å². The average molecular weight is 399 g/mol. The lowest BCUT2D eigenvalue weighted by molar-refractivity contribution is -0.118. The topological polar surface area (TPSA) is 102 Å². The third kappa shape index (κ3) is 2.79. The van der Waals surface area contributed by atoms with Crippen molar-refractivity contribution in [2.45, 2.75) is 70.9 Å². The molecule has 0 radical (unpaired) electrons. The number of hydrogen-bond acceptors (Lipinski definition) is 4. The molecule has 8 nitrogen and oxygen atoms in total. The lowest BCUT2D eigenvalue weighted by atomic mass is 9.69. The molecule has 2 aromatic rings. The number of imidazole rings is 1. The van der Waals surface area contributed by atoms with Crippen LogP contribution in [0.15, 0.2) is 9.59 Å². The second kappa shape index (κ2) is 6.57. The van der Waals surface area contributed by atoms with E-state index in [1.54, 1.807) is 4.57 Å². The number of amides is 1. The molecule has 4 bridgehead atoms. The van der Waals surface area contributed by atoms with Crippen LogP contribution in [0.3, 0.4) is 0 Å². The molecule has 156 valence electrons. The number of carbonyl (C=O) groups is 1. The van der Waals surface area contributed by atoms with Gasteiger partial charge in [-0.2, -0.15) is 0 Å². The average Bonchev–Trinajstić information content (AvgIpc) is 3.31. The van der Waals surface area contributed by atoms with Gasteiger partial charge in [0.2, 0.25) is 5.91 Å². The van der Waals surface area contributed by atoms with Crippen LogP contribution >= 0.6 is 0 Å². The van der Waals surface area contributed by atoms with Crippen LogP contribution in [0.25, 0.3) is 11.2 Å². The zero-order valence-electron chi connectivity index (χ0n) is 17.2. The second-order valence-corrected chi connectivity index (χ2v) is 9.41. The van der Waals surface area contributed by atoms with Crippen molar-refractivity contribution in [2.75, 3.05) is 6.54 Å². The Morgan fingerprint density at radius 2 is 1.90 bits per heavy atom. The van der Waals surface area contributed by atoms with E-state index in [1.165, 1.54) is 24.3 Å². The molecule has 4 aliphatic rings. The molecular weight excluding hydrogens is 370 g/mol. The summed E-state index contributed by atoms with van der Waals surface area (Å²) in [5.74, 6) is 3.11. The molecule has 4 fully saturated rings. The van der Waals surface area contributed by atoms with Crippen LogP contribution in [-0.4, -0.2) is 31.6 Å². The fraction of sp³-hybridized carbons (Fsp3) is 0.714. The van der Waals surface area contributed by atoms with Crippen LogP contribution in [-0.2, 0) is 23.3 Å². The quantitative estimate of drug-likeness (QED) is 0.769. The van der Waals surface area contributed by atoms with E-state index in [0.29, 0.717) is 37.2 Å². The first kappa shape index (κ1) is 18.6. The molecule has 0 spiro atoms. The van der Waals surface area contributed by atoms with Crippen molar-refractivity contribution in [1.29, 1.82) is 0 Å². The molecular formula is C21H29N5O3. The highest BCUT2D eigenvalue weighted by Crippen LogP contribution is 2.64. The van der Waals surface area contributed by atoms with Gasteiger partial charge in [-0.1, -0.05) is 6.92 Å². The molecule has 2 heterocycles. The number of fused-ring (bicyclic) bond motifs is 1. The van der Waals surface area contributed by atoms with Crippen molar-refractivity contribution in [3.05, 3.63) is 26.7 Å². The summed E-state index contributed by atoms with van der Waals surface area (Å²) in [7, 11) is 0. The highest BCUT2D eigenvalue weighted by molar-refractivity contribution is 5.73. The van der Waals surface area contributed by atoms with Gasteiger partial charge >= 0.3 is 5.69 Å². The summed E-state index contributed by atoms with van der Waals surface area (Å²) in [6.07, 6.45) is 6.82. The van der Waals surface area contributed by atoms with Crippen molar-refractivity contribution < 1.29 is 4.79 Å². The third-order valence-corrected chi connectivity index (χ3v) is 7.44. The fourth-order valence-corrected chi connectivity index (χ4v) is 6.48. The van der Waals surface area contributed by atoms with E-state index in [-0.39, 0.29) is 22.6 Å². The Balaban J connectivity index is 1.62. The summed E-state index contributed by atoms with van der Waals surface area (Å²) in [6, 6.07) is 0. The number of carbonyl (C=O) groups excluding carboxylic acids is 1. The van der Waals surface area contributed by atoms with E-state index in [1.807, 2.05) is 6.92 Å². The van der Waals surface area contributed by atoms with Crippen molar-refractivity contribution in [1.82, 2.24) is 24.4 Å². The minimum Gasteiger partial charge on any atom is -0.355 e. The first-order chi connectivity index (χ1) is 13.9. The molecule has 6 rings (SSSR count). The smallest absolute Gasteiger partial charge is 0.332 e. The molecule has 2 atom stereocenters. The maximum absolute atomic E-state index is 13.1. The number of rotatable bonds is 6. The van der Waals surface area contributed by atoms with Crippen molar-refractivity contribution in [2.24, 2.45) is 17.8 Å². The Kier molecular flexibility index (Phi) is 4.22. The number of H-pyrrole nitrogens is 1. The lowest BCUT2D eigenvalue weighted by Gasteiger charge is -2.36. The number of hydrogen-bond donors (Lipinski definition) is 2. The summed E-state index contributed by atoms with van der Waals surface area (Å²) >= 11 is 0. The van der Waals surface area contributed by atoms with Crippen LogP contribution in [0.5, 0.6) is 0 Å². The Labute approximate surface area is 168 Å². The molecule has 4 aliphatic carbocycles. The maximum Gasteiger partial charge on any atom is 0.332 e. The number of aromatic nitrogens is 4. The minimum absolute atomic E-state index is 0.0378. The largest absolute Gasteiger partial charge is 0.355 e. The summed E-state index contributed by atoms with van der Waals surface area (Å²) in [4.78, 5) is 45.6. The van der Waals surface area contributed by atoms with Crippen molar-refractivity contribution in [3.63, 3.8) is 0 Å². The molecule has 0 aromatic carbocycles. The molecule has 0 aliphatic heterocycles. The summed E-state index contributed by atoms with van der Waals surface area (Å²) < 4.78 is 2.85. The fourth-order valence-electron chi connectivity index (χ4n) is 6.48. The Hall–Kier alpha value is -2.38. The van der Waals surface area contributed by atoms with Crippen LogP contribution in [0.2, 0.25) is 0 Å². The van der Waals surface area contributed by atoms with Crippen LogP contribution in [0.4, 0.5) is 0 Å². The summed E-state index contributed by atoms with van der Waals surface area (Å²) in [6.45, 7) is 4.40. The summed E-state index contributed by atoms with van der Waals surface area (Å²) in [5.41, 5.74) is 0.267. The standard InChI is InChI=1S/C21H29N5O3/c1-3-5-26-18(28)16-17(25(20(26)29)6-4-22-12(2)27)24-19(23-16)21-9-13-7-14(10-21)15(8-13)11-21/h13-15H,3-11H2,1-2H3,(H,22,27)(H,23,24). The highest BCUT2D eigenvalue weighted by atomic mass is 16.2. The Bertz CT molecular complexity index is 1070. The number of nitrogens with one attached hydrogen (secondary N) is 2. The van der Waals surface area contributed by atoms with Gasteiger partial charge in [0.1, 0.15) is 11.3 Å². The third-order valence-electron chi connectivity index (χ3n) is 7.44.